The van der Waals surface area contributed by atoms with E-state index in [0.717, 1.165) is 16.7 Å². The quantitative estimate of drug-likeness (QED) is 0.508. The molecule has 2 aromatic carbocycles. The number of likely N-dealkylation sites (tertiary alicyclic amines) is 1. The van der Waals surface area contributed by atoms with Crippen LogP contribution >= 0.6 is 0 Å². The van der Waals surface area contributed by atoms with Gasteiger partial charge in [-0.25, -0.2) is 0 Å². The van der Waals surface area contributed by atoms with Crippen molar-refractivity contribution in [3.8, 4) is 5.75 Å². The van der Waals surface area contributed by atoms with Crippen molar-refractivity contribution in [2.75, 3.05) is 13.1 Å². The van der Waals surface area contributed by atoms with Gasteiger partial charge < -0.3 is 14.2 Å². The minimum absolute atomic E-state index is 0.00317. The number of carbonyl (C=O) groups is 1. The van der Waals surface area contributed by atoms with Gasteiger partial charge >= 0.3 is 0 Å². The molecule has 0 unspecified atom stereocenters. The maximum atomic E-state index is 12.8. The number of rotatable bonds is 5. The highest BCUT2D eigenvalue weighted by Crippen LogP contribution is 2.27. The lowest BCUT2D eigenvalue weighted by atomic mass is 9.98. The number of carbonyl (C=O) groups excluding carboxylic acids is 1. The van der Waals surface area contributed by atoms with Gasteiger partial charge in [-0.15, -0.1) is 0 Å². The first-order valence-electron chi connectivity index (χ1n) is 9.82. The van der Waals surface area contributed by atoms with E-state index < -0.39 is 0 Å². The van der Waals surface area contributed by atoms with Crippen LogP contribution in [0.1, 0.15) is 33.6 Å². The van der Waals surface area contributed by atoms with Crippen LogP contribution in [0.15, 0.2) is 65.3 Å². The lowest BCUT2D eigenvalue weighted by Gasteiger charge is -2.37. The molecule has 4 aromatic rings. The second-order valence-electron chi connectivity index (χ2n) is 7.47. The van der Waals surface area contributed by atoms with E-state index in [0.29, 0.717) is 30.4 Å². The van der Waals surface area contributed by atoms with Crippen LogP contribution in [0.3, 0.4) is 0 Å². The van der Waals surface area contributed by atoms with Crippen molar-refractivity contribution in [3.63, 3.8) is 0 Å². The van der Waals surface area contributed by atoms with E-state index in [4.69, 9.17) is 9.26 Å². The Bertz CT molecular complexity index is 1200. The monoisotopic (exact) mass is 400 g/mol. The summed E-state index contributed by atoms with van der Waals surface area (Å²) >= 11 is 0. The molecule has 0 spiro atoms. The van der Waals surface area contributed by atoms with Crippen LogP contribution in [-0.4, -0.2) is 39.0 Å². The molecule has 7 heteroatoms. The molecule has 150 valence electrons. The Kier molecular flexibility index (Phi) is 4.63. The summed E-state index contributed by atoms with van der Waals surface area (Å²) in [7, 11) is 0. The molecule has 1 aliphatic rings. The fraction of sp³-hybridized carbons (Fsp3) is 0.217. The molecule has 1 saturated heterocycles. The first kappa shape index (κ1) is 18.3. The SMILES string of the molecule is Cc1ccc(OCc2nc(C3CN(C(=O)c4ccc5ncccc5c4)C3)no2)cc1. The summed E-state index contributed by atoms with van der Waals surface area (Å²) in [6, 6.07) is 17.2. The zero-order valence-corrected chi connectivity index (χ0v) is 16.5. The van der Waals surface area contributed by atoms with Crippen LogP contribution in [0.2, 0.25) is 0 Å². The van der Waals surface area contributed by atoms with Gasteiger partial charge in [0.1, 0.15) is 5.75 Å². The van der Waals surface area contributed by atoms with Crippen molar-refractivity contribution < 1.29 is 14.1 Å². The number of nitrogens with zero attached hydrogens (tertiary/aromatic N) is 4. The van der Waals surface area contributed by atoms with E-state index in [9.17, 15) is 4.79 Å². The largest absolute Gasteiger partial charge is 0.484 e. The molecule has 3 heterocycles. The molecule has 1 fully saturated rings. The topological polar surface area (TPSA) is 81.4 Å². The maximum absolute atomic E-state index is 12.8. The highest BCUT2D eigenvalue weighted by molar-refractivity contribution is 5.98. The Balaban J connectivity index is 1.18. The van der Waals surface area contributed by atoms with Crippen LogP contribution in [0, 0.1) is 6.92 Å². The first-order valence-corrected chi connectivity index (χ1v) is 9.82. The Morgan fingerprint density at radius 3 is 2.83 bits per heavy atom. The smallest absolute Gasteiger partial charge is 0.264 e. The predicted octanol–water partition coefficient (Wildman–Crippen LogP) is 3.74. The minimum atomic E-state index is 0.00317. The van der Waals surface area contributed by atoms with Gasteiger partial charge in [0, 0.05) is 30.2 Å². The highest BCUT2D eigenvalue weighted by atomic mass is 16.5. The molecule has 30 heavy (non-hydrogen) atoms. The van der Waals surface area contributed by atoms with E-state index in [1.54, 1.807) is 11.1 Å². The molecule has 0 bridgehead atoms. The third-order valence-electron chi connectivity index (χ3n) is 5.25. The van der Waals surface area contributed by atoms with Crippen molar-refractivity contribution in [3.05, 3.63) is 83.6 Å². The molecule has 7 nitrogen and oxygen atoms in total. The summed E-state index contributed by atoms with van der Waals surface area (Å²) in [6.45, 7) is 3.39. The van der Waals surface area contributed by atoms with Gasteiger partial charge in [-0.3, -0.25) is 9.78 Å². The number of aromatic nitrogens is 3. The summed E-state index contributed by atoms with van der Waals surface area (Å²) in [6.07, 6.45) is 1.74. The zero-order valence-electron chi connectivity index (χ0n) is 16.5. The fourth-order valence-electron chi connectivity index (χ4n) is 3.47. The normalized spacial score (nSPS) is 14.0. The van der Waals surface area contributed by atoms with Gasteiger partial charge in [-0.1, -0.05) is 28.9 Å². The number of hydrogen-bond acceptors (Lipinski definition) is 6. The van der Waals surface area contributed by atoms with Crippen LogP contribution in [0.4, 0.5) is 0 Å². The van der Waals surface area contributed by atoms with Gasteiger partial charge in [-0.05, 0) is 43.3 Å². The number of amides is 1. The molecule has 2 aromatic heterocycles. The van der Waals surface area contributed by atoms with Gasteiger partial charge in [0.05, 0.1) is 11.4 Å². The van der Waals surface area contributed by atoms with E-state index >= 15 is 0 Å². The molecule has 0 N–H and O–H groups in total. The standard InChI is InChI=1S/C23H20N4O3/c1-15-4-7-19(8-5-15)29-14-21-25-22(26-30-21)18-12-27(13-18)23(28)17-6-9-20-16(11-17)3-2-10-24-20/h2-11,18H,12-14H2,1H3. The highest BCUT2D eigenvalue weighted by Gasteiger charge is 2.35. The average Bonchev–Trinajstić information content (AvgIpc) is 3.20. The molecular formula is C23H20N4O3. The Morgan fingerprint density at radius 2 is 2.00 bits per heavy atom. The van der Waals surface area contributed by atoms with E-state index in [1.165, 1.54) is 5.56 Å². The molecule has 1 amide bonds. The number of benzene rings is 2. The van der Waals surface area contributed by atoms with E-state index in [1.807, 2.05) is 61.5 Å². The first-order chi connectivity index (χ1) is 14.7. The Labute approximate surface area is 173 Å². The van der Waals surface area contributed by atoms with Gasteiger partial charge in [0.25, 0.3) is 11.8 Å². The van der Waals surface area contributed by atoms with Crippen molar-refractivity contribution in [1.29, 1.82) is 0 Å². The summed E-state index contributed by atoms with van der Waals surface area (Å²) in [5.74, 6) is 1.88. The lowest BCUT2D eigenvalue weighted by Crippen LogP contribution is -2.48. The molecule has 0 aliphatic carbocycles. The van der Waals surface area contributed by atoms with Crippen LogP contribution in [-0.2, 0) is 6.61 Å². The average molecular weight is 400 g/mol. The van der Waals surface area contributed by atoms with Gasteiger partial charge in [0.2, 0.25) is 0 Å². The summed E-state index contributed by atoms with van der Waals surface area (Å²) in [5, 5.41) is 5.02. The van der Waals surface area contributed by atoms with Crippen molar-refractivity contribution in [1.82, 2.24) is 20.0 Å². The molecule has 5 rings (SSSR count). The van der Waals surface area contributed by atoms with Crippen molar-refractivity contribution >= 4 is 16.8 Å². The van der Waals surface area contributed by atoms with E-state index in [2.05, 4.69) is 15.1 Å². The third-order valence-corrected chi connectivity index (χ3v) is 5.25. The summed E-state index contributed by atoms with van der Waals surface area (Å²) in [4.78, 5) is 23.3. The van der Waals surface area contributed by atoms with E-state index in [-0.39, 0.29) is 18.4 Å². The molecule has 0 atom stereocenters. The minimum Gasteiger partial charge on any atom is -0.484 e. The van der Waals surface area contributed by atoms with Crippen LogP contribution < -0.4 is 4.74 Å². The van der Waals surface area contributed by atoms with Crippen LogP contribution in [0.25, 0.3) is 10.9 Å². The number of ether oxygens (including phenoxy) is 1. The number of fused-ring (bicyclic) bond motifs is 1. The molecular weight excluding hydrogens is 380 g/mol. The van der Waals surface area contributed by atoms with Crippen LogP contribution in [0.5, 0.6) is 5.75 Å². The second kappa shape index (κ2) is 7.59. The Hall–Kier alpha value is -3.74. The molecule has 1 aliphatic heterocycles. The lowest BCUT2D eigenvalue weighted by molar-refractivity contribution is 0.0592. The Morgan fingerprint density at radius 1 is 1.17 bits per heavy atom. The second-order valence-corrected chi connectivity index (χ2v) is 7.47. The third kappa shape index (κ3) is 3.61. The number of hydrogen-bond donors (Lipinski definition) is 0. The summed E-state index contributed by atoms with van der Waals surface area (Å²) < 4.78 is 11.0. The van der Waals surface area contributed by atoms with Gasteiger partial charge in [-0.2, -0.15) is 4.98 Å². The van der Waals surface area contributed by atoms with Gasteiger partial charge in [0.15, 0.2) is 12.4 Å². The molecule has 0 radical (unpaired) electrons. The van der Waals surface area contributed by atoms with Crippen molar-refractivity contribution in [2.24, 2.45) is 0 Å². The number of aryl methyl sites for hydroxylation is 1. The predicted molar refractivity (Wildman–Crippen MR) is 110 cm³/mol. The van der Waals surface area contributed by atoms with Crippen molar-refractivity contribution in [2.45, 2.75) is 19.4 Å². The fourth-order valence-corrected chi connectivity index (χ4v) is 3.47. The summed E-state index contributed by atoms with van der Waals surface area (Å²) in [5.41, 5.74) is 2.71. The zero-order chi connectivity index (χ0) is 20.5. The maximum Gasteiger partial charge on any atom is 0.264 e. The number of pyridine rings is 1. The molecule has 0 saturated carbocycles.